The predicted molar refractivity (Wildman–Crippen MR) is 91.4 cm³/mol. The van der Waals surface area contributed by atoms with Crippen LogP contribution in [-0.4, -0.2) is 17.8 Å². The zero-order valence-electron chi connectivity index (χ0n) is 13.6. The van der Waals surface area contributed by atoms with Crippen LogP contribution in [0.15, 0.2) is 41.6 Å². The Morgan fingerprint density at radius 2 is 1.74 bits per heavy atom. The van der Waals surface area contributed by atoms with Crippen LogP contribution < -0.4 is 4.72 Å². The van der Waals surface area contributed by atoms with Gasteiger partial charge in [-0.2, -0.15) is 0 Å². The Bertz CT molecular complexity index is 981. The van der Waals surface area contributed by atoms with Crippen LogP contribution >= 0.6 is 0 Å². The van der Waals surface area contributed by atoms with E-state index >= 15 is 0 Å². The monoisotopic (exact) mass is 329 g/mol. The van der Waals surface area contributed by atoms with Crippen molar-refractivity contribution in [2.45, 2.75) is 32.6 Å². The number of aromatic nitrogens is 2. The lowest BCUT2D eigenvalue weighted by atomic mass is 10.1. The molecule has 120 valence electrons. The number of fused-ring (bicyclic) bond motifs is 1. The van der Waals surface area contributed by atoms with Crippen LogP contribution in [0.2, 0.25) is 0 Å². The van der Waals surface area contributed by atoms with E-state index in [1.165, 1.54) is 0 Å². The van der Waals surface area contributed by atoms with Gasteiger partial charge in [-0.3, -0.25) is 4.72 Å². The van der Waals surface area contributed by atoms with Crippen LogP contribution in [0, 0.1) is 27.7 Å². The zero-order valence-corrected chi connectivity index (χ0v) is 14.4. The van der Waals surface area contributed by atoms with Crippen molar-refractivity contribution in [2.75, 3.05) is 4.72 Å². The highest BCUT2D eigenvalue weighted by Crippen LogP contribution is 2.26. The van der Waals surface area contributed by atoms with Crippen molar-refractivity contribution in [3.63, 3.8) is 0 Å². The Morgan fingerprint density at radius 3 is 2.39 bits per heavy atom. The molecule has 23 heavy (non-hydrogen) atoms. The topological polar surface area (TPSA) is 63.5 Å². The summed E-state index contributed by atoms with van der Waals surface area (Å²) < 4.78 is 30.2. The number of imidazole rings is 1. The lowest BCUT2D eigenvalue weighted by Crippen LogP contribution is -2.16. The van der Waals surface area contributed by atoms with Crippen LogP contribution in [-0.2, 0) is 10.0 Å². The summed E-state index contributed by atoms with van der Waals surface area (Å²) in [5.74, 6) is 0. The number of pyridine rings is 1. The molecule has 0 unspecified atom stereocenters. The number of nitrogens with one attached hydrogen (secondary N) is 1. The average Bonchev–Trinajstić information content (AvgIpc) is 2.78. The van der Waals surface area contributed by atoms with Gasteiger partial charge in [-0.15, -0.1) is 0 Å². The van der Waals surface area contributed by atoms with Crippen molar-refractivity contribution >= 4 is 21.4 Å². The molecule has 0 aliphatic heterocycles. The molecule has 0 aliphatic rings. The van der Waals surface area contributed by atoms with E-state index in [1.54, 1.807) is 12.1 Å². The van der Waals surface area contributed by atoms with Gasteiger partial charge in [-0.1, -0.05) is 17.7 Å². The van der Waals surface area contributed by atoms with Crippen molar-refractivity contribution in [1.29, 1.82) is 0 Å². The third-order valence-electron chi connectivity index (χ3n) is 3.72. The normalized spacial score (nSPS) is 11.8. The van der Waals surface area contributed by atoms with Crippen LogP contribution in [0.4, 0.5) is 5.69 Å². The van der Waals surface area contributed by atoms with Gasteiger partial charge < -0.3 is 4.40 Å². The SMILES string of the molecule is Cc1cc(C)c(S(=O)(=O)Nc2cccn3cc(C)nc23)c(C)c1. The van der Waals surface area contributed by atoms with Gasteiger partial charge in [0, 0.05) is 12.4 Å². The highest BCUT2D eigenvalue weighted by atomic mass is 32.2. The number of hydrogen-bond donors (Lipinski definition) is 1. The molecule has 0 fully saturated rings. The quantitative estimate of drug-likeness (QED) is 0.801. The van der Waals surface area contributed by atoms with E-state index in [2.05, 4.69) is 9.71 Å². The maximum atomic E-state index is 12.9. The molecule has 1 aromatic carbocycles. The molecule has 2 heterocycles. The maximum absolute atomic E-state index is 12.9. The van der Waals surface area contributed by atoms with Gasteiger partial charge in [0.15, 0.2) is 5.65 Å². The summed E-state index contributed by atoms with van der Waals surface area (Å²) >= 11 is 0. The van der Waals surface area contributed by atoms with E-state index in [0.717, 1.165) is 22.4 Å². The largest absolute Gasteiger partial charge is 0.305 e. The minimum atomic E-state index is -3.68. The molecule has 0 saturated heterocycles. The second kappa shape index (κ2) is 5.38. The number of anilines is 1. The van der Waals surface area contributed by atoms with E-state index in [9.17, 15) is 8.42 Å². The summed E-state index contributed by atoms with van der Waals surface area (Å²) in [5.41, 5.74) is 4.42. The van der Waals surface area contributed by atoms with E-state index in [0.29, 0.717) is 16.2 Å². The molecule has 0 saturated carbocycles. The Labute approximate surface area is 136 Å². The summed E-state index contributed by atoms with van der Waals surface area (Å²) in [4.78, 5) is 4.71. The summed E-state index contributed by atoms with van der Waals surface area (Å²) in [6.45, 7) is 7.46. The van der Waals surface area contributed by atoms with Gasteiger partial charge in [0.2, 0.25) is 0 Å². The first-order chi connectivity index (χ1) is 10.8. The van der Waals surface area contributed by atoms with Crippen LogP contribution in [0.1, 0.15) is 22.4 Å². The molecule has 3 aromatic rings. The van der Waals surface area contributed by atoms with Crippen LogP contribution in [0.25, 0.3) is 5.65 Å². The highest BCUT2D eigenvalue weighted by Gasteiger charge is 2.21. The van der Waals surface area contributed by atoms with Crippen LogP contribution in [0.3, 0.4) is 0 Å². The number of benzene rings is 1. The van der Waals surface area contributed by atoms with Gasteiger partial charge in [0.1, 0.15) is 0 Å². The molecule has 6 heteroatoms. The predicted octanol–water partition coefficient (Wildman–Crippen LogP) is 3.37. The molecule has 0 radical (unpaired) electrons. The molecule has 3 rings (SSSR count). The molecule has 5 nitrogen and oxygen atoms in total. The first kappa shape index (κ1) is 15.6. The first-order valence-corrected chi connectivity index (χ1v) is 8.81. The summed E-state index contributed by atoms with van der Waals surface area (Å²) in [7, 11) is -3.68. The molecule has 0 atom stereocenters. The van der Waals surface area contributed by atoms with E-state index in [4.69, 9.17) is 0 Å². The Morgan fingerprint density at radius 1 is 1.09 bits per heavy atom. The molecule has 1 N–H and O–H groups in total. The number of hydrogen-bond acceptors (Lipinski definition) is 3. The van der Waals surface area contributed by atoms with Gasteiger partial charge >= 0.3 is 0 Å². The third kappa shape index (κ3) is 2.82. The third-order valence-corrected chi connectivity index (χ3v) is 5.39. The Hall–Kier alpha value is -2.34. The molecule has 0 spiro atoms. The molecule has 0 amide bonds. The van der Waals surface area contributed by atoms with Crippen molar-refractivity contribution < 1.29 is 8.42 Å². The number of nitrogens with zero attached hydrogens (tertiary/aromatic N) is 2. The lowest BCUT2D eigenvalue weighted by molar-refractivity contribution is 0.600. The smallest absolute Gasteiger partial charge is 0.262 e. The fourth-order valence-electron chi connectivity index (χ4n) is 3.00. The number of rotatable bonds is 3. The van der Waals surface area contributed by atoms with E-state index < -0.39 is 10.0 Å². The Balaban J connectivity index is 2.11. The molecule has 2 aromatic heterocycles. The summed E-state index contributed by atoms with van der Waals surface area (Å²) in [5, 5.41) is 0. The summed E-state index contributed by atoms with van der Waals surface area (Å²) in [6.07, 6.45) is 3.70. The fraction of sp³-hybridized carbons (Fsp3) is 0.235. The highest BCUT2D eigenvalue weighted by molar-refractivity contribution is 7.92. The number of sulfonamides is 1. The Kier molecular flexibility index (Phi) is 3.64. The standard InChI is InChI=1S/C17H19N3O2S/c1-11-8-12(2)16(13(3)9-11)23(21,22)19-15-6-5-7-20-10-14(4)18-17(15)20/h5-10,19H,1-4H3. The lowest BCUT2D eigenvalue weighted by Gasteiger charge is -2.14. The van der Waals surface area contributed by atoms with Gasteiger partial charge in [0.05, 0.1) is 16.3 Å². The zero-order chi connectivity index (χ0) is 16.8. The minimum absolute atomic E-state index is 0.327. The fourth-order valence-corrected chi connectivity index (χ4v) is 4.52. The van der Waals surface area contributed by atoms with Gasteiger partial charge in [-0.05, 0) is 51.0 Å². The molecule has 0 aliphatic carbocycles. The minimum Gasteiger partial charge on any atom is -0.305 e. The summed E-state index contributed by atoms with van der Waals surface area (Å²) in [6, 6.07) is 7.27. The van der Waals surface area contributed by atoms with E-state index in [1.807, 2.05) is 56.6 Å². The molecular formula is C17H19N3O2S. The van der Waals surface area contributed by atoms with Crippen molar-refractivity contribution in [2.24, 2.45) is 0 Å². The van der Waals surface area contributed by atoms with Crippen molar-refractivity contribution in [3.8, 4) is 0 Å². The second-order valence-electron chi connectivity index (χ2n) is 5.87. The van der Waals surface area contributed by atoms with E-state index in [-0.39, 0.29) is 0 Å². The van der Waals surface area contributed by atoms with Gasteiger partial charge in [-0.25, -0.2) is 13.4 Å². The second-order valence-corrected chi connectivity index (χ2v) is 7.49. The molecule has 0 bridgehead atoms. The van der Waals surface area contributed by atoms with Crippen LogP contribution in [0.5, 0.6) is 0 Å². The maximum Gasteiger partial charge on any atom is 0.262 e. The van der Waals surface area contributed by atoms with Crippen molar-refractivity contribution in [3.05, 3.63) is 59.0 Å². The number of aryl methyl sites for hydroxylation is 4. The van der Waals surface area contributed by atoms with Crippen molar-refractivity contribution in [1.82, 2.24) is 9.38 Å². The average molecular weight is 329 g/mol. The van der Waals surface area contributed by atoms with Gasteiger partial charge in [0.25, 0.3) is 10.0 Å². The molecular weight excluding hydrogens is 310 g/mol. The first-order valence-electron chi connectivity index (χ1n) is 7.33.